The first kappa shape index (κ1) is 24.4. The molecule has 0 bridgehead atoms. The second kappa shape index (κ2) is 12.7. The molecule has 0 unspecified atom stereocenters. The van der Waals surface area contributed by atoms with Crippen LogP contribution in [0.4, 0.5) is 0 Å². The average molecular weight is 377 g/mol. The Kier molecular flexibility index (Phi) is 12.4. The van der Waals surface area contributed by atoms with Gasteiger partial charge in [-0.3, -0.25) is 0 Å². The third kappa shape index (κ3) is 9.03. The predicted molar refractivity (Wildman–Crippen MR) is 109 cm³/mol. The molecular weight excluding hydrogens is 335 g/mol. The summed E-state index contributed by atoms with van der Waals surface area (Å²) < 4.78 is 6.41. The van der Waals surface area contributed by atoms with Crippen LogP contribution in [0, 0.1) is 0 Å². The molecule has 0 aromatic heterocycles. The monoisotopic (exact) mass is 376 g/mol. The Bertz CT molecular complexity index is 352. The van der Waals surface area contributed by atoms with Crippen molar-refractivity contribution >= 4 is 18.8 Å². The minimum atomic E-state index is -2.60. The van der Waals surface area contributed by atoms with Gasteiger partial charge in [-0.2, -0.15) is 0 Å². The molecule has 25 heavy (non-hydrogen) atoms. The Balaban J connectivity index is 5.63. The van der Waals surface area contributed by atoms with Gasteiger partial charge >= 0.3 is 155 Å². The molecule has 0 rings (SSSR count). The van der Waals surface area contributed by atoms with Gasteiger partial charge in [0, 0.05) is 0 Å². The van der Waals surface area contributed by atoms with Gasteiger partial charge in [0.05, 0.1) is 0 Å². The topological polar surface area (TPSA) is 63.6 Å². The van der Waals surface area contributed by atoms with E-state index in [1.807, 2.05) is 0 Å². The quantitative estimate of drug-likeness (QED) is 0.332. The van der Waals surface area contributed by atoms with E-state index in [-0.39, 0.29) is 18.8 Å². The number of carboxylic acid groups (broad SMARTS) is 1. The molecule has 1 N–H and O–H groups in total. The van der Waals surface area contributed by atoms with Crippen molar-refractivity contribution in [1.82, 2.24) is 0 Å². The molecule has 0 aromatic rings. The van der Waals surface area contributed by atoms with Crippen LogP contribution in [0.25, 0.3) is 0 Å². The van der Waals surface area contributed by atoms with Gasteiger partial charge in [-0.25, -0.2) is 0 Å². The van der Waals surface area contributed by atoms with Crippen molar-refractivity contribution in [3.8, 4) is 0 Å². The van der Waals surface area contributed by atoms with Crippen LogP contribution >= 0.6 is 6.83 Å². The molecule has 0 radical (unpaired) electrons. The minimum absolute atomic E-state index is 0.00370. The molecular formula is C20H41O4P. The van der Waals surface area contributed by atoms with E-state index in [1.165, 1.54) is 0 Å². The number of hydrogen-bond acceptors (Lipinski definition) is 3. The molecule has 0 fully saturated rings. The number of rotatable bonds is 16. The first-order valence-corrected chi connectivity index (χ1v) is 13.2. The van der Waals surface area contributed by atoms with E-state index in [0.717, 1.165) is 76.0 Å². The molecule has 0 aliphatic rings. The number of carbonyl (C=O) groups is 2. The van der Waals surface area contributed by atoms with Crippen molar-refractivity contribution in [3.05, 3.63) is 0 Å². The fourth-order valence-corrected chi connectivity index (χ4v) is 10.5. The summed E-state index contributed by atoms with van der Waals surface area (Å²) in [6.45, 7) is 6.16. The van der Waals surface area contributed by atoms with E-state index >= 15 is 0 Å². The Labute approximate surface area is 155 Å². The first-order chi connectivity index (χ1) is 11.9. The van der Waals surface area contributed by atoms with Crippen molar-refractivity contribution < 1.29 is 19.2 Å². The van der Waals surface area contributed by atoms with Gasteiger partial charge in [-0.05, 0) is 0 Å². The van der Waals surface area contributed by atoms with Crippen LogP contribution in [0.3, 0.4) is 0 Å². The standard InChI is InChI=1S/C20H41O4P/c1-5-9-15-25(16-10-6-2,17-11-7-3,18-12-8-4)24-20(23)14-13-19(21)22/h5-18H2,1-4H3,(H,21,22). The van der Waals surface area contributed by atoms with Crippen LogP contribution in [0.1, 0.15) is 91.9 Å². The average Bonchev–Trinajstić information content (AvgIpc) is 2.60. The van der Waals surface area contributed by atoms with E-state index in [2.05, 4.69) is 27.7 Å². The third-order valence-corrected chi connectivity index (χ3v) is 11.7. The Morgan fingerprint density at radius 3 is 1.36 bits per heavy atom. The van der Waals surface area contributed by atoms with Crippen LogP contribution in [0.2, 0.25) is 0 Å². The summed E-state index contributed by atoms with van der Waals surface area (Å²) in [5, 5.41) is 8.89. The maximum atomic E-state index is 12.6. The second-order valence-electron chi connectivity index (χ2n) is 7.52. The maximum absolute atomic E-state index is 12.6. The van der Waals surface area contributed by atoms with Gasteiger partial charge in [-0.15, -0.1) is 0 Å². The van der Waals surface area contributed by atoms with Crippen molar-refractivity contribution in [2.45, 2.75) is 91.9 Å². The summed E-state index contributed by atoms with van der Waals surface area (Å²) in [6, 6.07) is 0. The Morgan fingerprint density at radius 1 is 0.720 bits per heavy atom. The predicted octanol–water partition coefficient (Wildman–Crippen LogP) is 6.06. The summed E-state index contributed by atoms with van der Waals surface area (Å²) in [6.07, 6.45) is 12.8. The van der Waals surface area contributed by atoms with E-state index in [4.69, 9.17) is 9.63 Å². The summed E-state index contributed by atoms with van der Waals surface area (Å²) in [5.41, 5.74) is 0. The molecule has 0 saturated carbocycles. The fourth-order valence-electron chi connectivity index (χ4n) is 3.63. The van der Waals surface area contributed by atoms with Crippen LogP contribution < -0.4 is 0 Å². The van der Waals surface area contributed by atoms with Crippen molar-refractivity contribution in [2.75, 3.05) is 24.6 Å². The normalized spacial score (nSPS) is 13.2. The molecule has 0 aromatic carbocycles. The zero-order valence-electron chi connectivity index (χ0n) is 17.0. The van der Waals surface area contributed by atoms with Gasteiger partial charge in [0.1, 0.15) is 0 Å². The molecule has 0 aliphatic heterocycles. The molecule has 0 amide bonds. The van der Waals surface area contributed by atoms with E-state index in [9.17, 15) is 9.59 Å². The van der Waals surface area contributed by atoms with E-state index < -0.39 is 12.8 Å². The van der Waals surface area contributed by atoms with Crippen LogP contribution in [0.5, 0.6) is 0 Å². The molecule has 0 spiro atoms. The van der Waals surface area contributed by atoms with Crippen LogP contribution in [-0.2, 0) is 14.1 Å². The van der Waals surface area contributed by atoms with E-state index in [0.29, 0.717) is 0 Å². The fraction of sp³-hybridized carbons (Fsp3) is 0.900. The van der Waals surface area contributed by atoms with Crippen LogP contribution in [-0.4, -0.2) is 41.7 Å². The van der Waals surface area contributed by atoms with Crippen LogP contribution in [0.15, 0.2) is 0 Å². The zero-order chi connectivity index (χ0) is 19.2. The Morgan fingerprint density at radius 2 is 1.08 bits per heavy atom. The molecule has 0 saturated heterocycles. The SMILES string of the molecule is CCCCP(CCCC)(CCCC)(CCCC)OC(=O)CCC(=O)O. The number of hydrogen-bond donors (Lipinski definition) is 1. The summed E-state index contributed by atoms with van der Waals surface area (Å²) >= 11 is 0. The molecule has 0 atom stereocenters. The molecule has 4 nitrogen and oxygen atoms in total. The van der Waals surface area contributed by atoms with E-state index in [1.54, 1.807) is 0 Å². The van der Waals surface area contributed by atoms with Gasteiger partial charge in [-0.1, -0.05) is 0 Å². The van der Waals surface area contributed by atoms with Gasteiger partial charge in [0.2, 0.25) is 0 Å². The molecule has 0 heterocycles. The number of carbonyl (C=O) groups excluding carboxylic acids is 1. The number of carboxylic acids is 1. The molecule has 5 heteroatoms. The van der Waals surface area contributed by atoms with Gasteiger partial charge in [0.15, 0.2) is 0 Å². The first-order valence-electron chi connectivity index (χ1n) is 10.3. The third-order valence-electron chi connectivity index (χ3n) is 5.21. The van der Waals surface area contributed by atoms with Gasteiger partial charge in [0.25, 0.3) is 0 Å². The Hall–Kier alpha value is -0.630. The van der Waals surface area contributed by atoms with Gasteiger partial charge < -0.3 is 0 Å². The summed E-state index contributed by atoms with van der Waals surface area (Å²) in [4.78, 5) is 23.4. The number of unbranched alkanes of at least 4 members (excludes halogenated alkanes) is 4. The second-order valence-corrected chi connectivity index (χ2v) is 13.2. The number of aliphatic carboxylic acids is 1. The summed E-state index contributed by atoms with van der Waals surface area (Å²) in [7, 11) is 0. The molecule has 0 aliphatic carbocycles. The summed E-state index contributed by atoms with van der Waals surface area (Å²) in [5.74, 6) is -1.21. The molecule has 150 valence electrons. The van der Waals surface area contributed by atoms with Crippen molar-refractivity contribution in [3.63, 3.8) is 0 Å². The van der Waals surface area contributed by atoms with Crippen molar-refractivity contribution in [2.24, 2.45) is 0 Å². The van der Waals surface area contributed by atoms with Crippen molar-refractivity contribution in [1.29, 1.82) is 0 Å². The zero-order valence-corrected chi connectivity index (χ0v) is 17.9.